The van der Waals surface area contributed by atoms with Gasteiger partial charge < -0.3 is 14.2 Å². The van der Waals surface area contributed by atoms with E-state index in [4.69, 9.17) is 14.3 Å². The number of hydrogen-bond acceptors (Lipinski definition) is 5. The minimum Gasteiger partial charge on any atom is -0.398 e. The smallest absolute Gasteiger partial charge is 0.398 e. The van der Waals surface area contributed by atoms with Gasteiger partial charge in [-0.25, -0.2) is 4.98 Å². The van der Waals surface area contributed by atoms with E-state index in [0.717, 1.165) is 18.0 Å². The SMILES string of the molecule is CC1CCCCN1c1cncc(B2OC(C)(C)C(C)(C)O2)n1. The third-order valence-corrected chi connectivity index (χ3v) is 5.23. The Hall–Kier alpha value is -1.14. The zero-order valence-corrected chi connectivity index (χ0v) is 14.3. The second-order valence-electron chi connectivity index (χ2n) is 7.43. The lowest BCUT2D eigenvalue weighted by Gasteiger charge is -2.34. The number of nitrogens with zero attached hydrogens (tertiary/aromatic N) is 3. The summed E-state index contributed by atoms with van der Waals surface area (Å²) >= 11 is 0. The first-order chi connectivity index (χ1) is 10.3. The van der Waals surface area contributed by atoms with Gasteiger partial charge in [-0.1, -0.05) is 0 Å². The predicted octanol–water partition coefficient (Wildman–Crippen LogP) is 2.15. The van der Waals surface area contributed by atoms with Crippen molar-refractivity contribution in [3.63, 3.8) is 0 Å². The van der Waals surface area contributed by atoms with Crippen LogP contribution in [0.1, 0.15) is 53.9 Å². The van der Waals surface area contributed by atoms with Gasteiger partial charge in [0.05, 0.1) is 23.0 Å². The van der Waals surface area contributed by atoms with E-state index >= 15 is 0 Å². The van der Waals surface area contributed by atoms with Gasteiger partial charge in [-0.05, 0) is 53.9 Å². The zero-order chi connectivity index (χ0) is 16.0. The van der Waals surface area contributed by atoms with E-state index in [9.17, 15) is 0 Å². The Labute approximate surface area is 133 Å². The maximum absolute atomic E-state index is 6.08. The third-order valence-electron chi connectivity index (χ3n) is 5.23. The van der Waals surface area contributed by atoms with E-state index < -0.39 is 7.12 Å². The first-order valence-electron chi connectivity index (χ1n) is 8.24. The van der Waals surface area contributed by atoms with Crippen LogP contribution in [-0.2, 0) is 9.31 Å². The highest BCUT2D eigenvalue weighted by molar-refractivity contribution is 6.61. The fourth-order valence-corrected chi connectivity index (χ4v) is 3.02. The van der Waals surface area contributed by atoms with Gasteiger partial charge in [-0.3, -0.25) is 4.98 Å². The molecule has 0 saturated carbocycles. The molecule has 0 amide bonds. The van der Waals surface area contributed by atoms with E-state index in [-0.39, 0.29) is 11.2 Å². The molecule has 2 aliphatic heterocycles. The number of piperidine rings is 1. The Morgan fingerprint density at radius 1 is 1.14 bits per heavy atom. The summed E-state index contributed by atoms with van der Waals surface area (Å²) in [5.74, 6) is 0.930. The van der Waals surface area contributed by atoms with Gasteiger partial charge in [-0.2, -0.15) is 0 Å². The topological polar surface area (TPSA) is 47.5 Å². The molecule has 1 aromatic heterocycles. The number of anilines is 1. The van der Waals surface area contributed by atoms with Gasteiger partial charge in [0.15, 0.2) is 0 Å². The average molecular weight is 303 g/mol. The first kappa shape index (κ1) is 15.7. The normalized spacial score (nSPS) is 27.2. The Balaban J connectivity index is 1.83. The van der Waals surface area contributed by atoms with Crippen molar-refractivity contribution in [1.29, 1.82) is 0 Å². The van der Waals surface area contributed by atoms with Crippen molar-refractivity contribution in [3.8, 4) is 0 Å². The van der Waals surface area contributed by atoms with Crippen molar-refractivity contribution in [2.45, 2.75) is 71.1 Å². The molecule has 2 saturated heterocycles. The Bertz CT molecular complexity index is 534. The van der Waals surface area contributed by atoms with Crippen LogP contribution >= 0.6 is 0 Å². The van der Waals surface area contributed by atoms with Crippen LogP contribution in [0.5, 0.6) is 0 Å². The van der Waals surface area contributed by atoms with E-state index in [1.807, 2.05) is 6.20 Å². The fourth-order valence-electron chi connectivity index (χ4n) is 3.02. The molecule has 6 heteroatoms. The van der Waals surface area contributed by atoms with E-state index in [1.54, 1.807) is 6.20 Å². The summed E-state index contributed by atoms with van der Waals surface area (Å²) in [5.41, 5.74) is 0.0515. The van der Waals surface area contributed by atoms with Crippen LogP contribution in [0.3, 0.4) is 0 Å². The van der Waals surface area contributed by atoms with Crippen LogP contribution < -0.4 is 10.5 Å². The molecule has 0 aromatic carbocycles. The molecule has 2 aliphatic rings. The quantitative estimate of drug-likeness (QED) is 0.784. The maximum atomic E-state index is 6.08. The largest absolute Gasteiger partial charge is 0.516 e. The fraction of sp³-hybridized carbons (Fsp3) is 0.750. The highest BCUT2D eigenvalue weighted by Crippen LogP contribution is 2.36. The van der Waals surface area contributed by atoms with Crippen LogP contribution in [0.4, 0.5) is 5.82 Å². The summed E-state index contributed by atoms with van der Waals surface area (Å²) in [6.07, 6.45) is 7.31. The summed E-state index contributed by atoms with van der Waals surface area (Å²) in [4.78, 5) is 11.5. The Morgan fingerprint density at radius 2 is 1.82 bits per heavy atom. The first-order valence-corrected chi connectivity index (χ1v) is 8.24. The predicted molar refractivity (Wildman–Crippen MR) is 88.4 cm³/mol. The molecule has 0 radical (unpaired) electrons. The lowest BCUT2D eigenvalue weighted by Crippen LogP contribution is -2.42. The summed E-state index contributed by atoms with van der Waals surface area (Å²) in [7, 11) is -0.447. The summed E-state index contributed by atoms with van der Waals surface area (Å²) in [5, 5.41) is 0. The van der Waals surface area contributed by atoms with Crippen molar-refractivity contribution in [3.05, 3.63) is 12.4 Å². The van der Waals surface area contributed by atoms with Gasteiger partial charge in [0.1, 0.15) is 5.82 Å². The van der Waals surface area contributed by atoms with E-state index in [1.165, 1.54) is 19.3 Å². The molecule has 2 fully saturated rings. The number of aromatic nitrogens is 2. The molecule has 1 atom stereocenters. The molecular formula is C16H26BN3O2. The lowest BCUT2D eigenvalue weighted by molar-refractivity contribution is 0.00578. The zero-order valence-electron chi connectivity index (χ0n) is 14.3. The standard InChI is InChI=1S/C16H26BN3O2/c1-12-8-6-7-9-20(12)14-11-18-10-13(19-14)17-21-15(2,3)16(4,5)22-17/h10-12H,6-9H2,1-5H3. The molecule has 0 aliphatic carbocycles. The van der Waals surface area contributed by atoms with Crippen molar-refractivity contribution in [2.75, 3.05) is 11.4 Å². The molecule has 3 heterocycles. The van der Waals surface area contributed by atoms with Crippen molar-refractivity contribution >= 4 is 18.5 Å². The molecule has 5 nitrogen and oxygen atoms in total. The molecule has 1 aromatic rings. The second kappa shape index (κ2) is 5.50. The Kier molecular flexibility index (Phi) is 3.93. The van der Waals surface area contributed by atoms with Crippen LogP contribution in [-0.4, -0.2) is 40.9 Å². The van der Waals surface area contributed by atoms with E-state index in [0.29, 0.717) is 6.04 Å². The van der Waals surface area contributed by atoms with Crippen molar-refractivity contribution in [1.82, 2.24) is 9.97 Å². The third kappa shape index (κ3) is 2.74. The van der Waals surface area contributed by atoms with Gasteiger partial charge in [0, 0.05) is 18.8 Å². The summed E-state index contributed by atoms with van der Waals surface area (Å²) < 4.78 is 12.2. The van der Waals surface area contributed by atoms with Gasteiger partial charge >= 0.3 is 7.12 Å². The van der Waals surface area contributed by atoms with Gasteiger partial charge in [-0.15, -0.1) is 0 Å². The number of rotatable bonds is 2. The maximum Gasteiger partial charge on any atom is 0.516 e. The van der Waals surface area contributed by atoms with Crippen molar-refractivity contribution in [2.24, 2.45) is 0 Å². The molecule has 3 rings (SSSR count). The highest BCUT2D eigenvalue weighted by atomic mass is 16.7. The Morgan fingerprint density at radius 3 is 2.45 bits per heavy atom. The molecule has 0 spiro atoms. The molecular weight excluding hydrogens is 277 g/mol. The average Bonchev–Trinajstić information content (AvgIpc) is 2.68. The summed E-state index contributed by atoms with van der Waals surface area (Å²) in [6.45, 7) is 11.5. The molecule has 1 unspecified atom stereocenters. The van der Waals surface area contributed by atoms with Crippen LogP contribution in [0.15, 0.2) is 12.4 Å². The minimum absolute atomic E-state index is 0.353. The van der Waals surface area contributed by atoms with Crippen LogP contribution in [0, 0.1) is 0 Å². The van der Waals surface area contributed by atoms with Gasteiger partial charge in [0.25, 0.3) is 0 Å². The summed E-state index contributed by atoms with van der Waals surface area (Å²) in [6, 6.07) is 0.511. The van der Waals surface area contributed by atoms with Crippen LogP contribution in [0.25, 0.3) is 0 Å². The van der Waals surface area contributed by atoms with Crippen molar-refractivity contribution < 1.29 is 9.31 Å². The molecule has 0 N–H and O–H groups in total. The van der Waals surface area contributed by atoms with Crippen LogP contribution in [0.2, 0.25) is 0 Å². The molecule has 22 heavy (non-hydrogen) atoms. The monoisotopic (exact) mass is 303 g/mol. The van der Waals surface area contributed by atoms with E-state index in [2.05, 4.69) is 44.5 Å². The minimum atomic E-state index is -0.447. The number of hydrogen-bond donors (Lipinski definition) is 0. The molecule has 0 bridgehead atoms. The van der Waals surface area contributed by atoms with Gasteiger partial charge in [0.2, 0.25) is 0 Å². The second-order valence-corrected chi connectivity index (χ2v) is 7.43. The molecule has 120 valence electrons. The highest BCUT2D eigenvalue weighted by Gasteiger charge is 2.52. The lowest BCUT2D eigenvalue weighted by atomic mass is 9.85.